The molecule has 2 atom stereocenters. The highest BCUT2D eigenvalue weighted by molar-refractivity contribution is 4.89. The molecule has 2 aliphatic carbocycles. The highest BCUT2D eigenvalue weighted by Crippen LogP contribution is 2.30. The number of rotatable bonds is 4. The van der Waals surface area contributed by atoms with Crippen molar-refractivity contribution in [2.75, 3.05) is 19.6 Å². The van der Waals surface area contributed by atoms with Gasteiger partial charge in [0.05, 0.1) is 0 Å². The van der Waals surface area contributed by atoms with Gasteiger partial charge in [-0.05, 0) is 50.5 Å². The van der Waals surface area contributed by atoms with Gasteiger partial charge in [0.15, 0.2) is 0 Å². The van der Waals surface area contributed by atoms with Crippen LogP contribution in [0.1, 0.15) is 51.9 Å². The van der Waals surface area contributed by atoms with Gasteiger partial charge in [0.1, 0.15) is 0 Å². The minimum absolute atomic E-state index is 0.778. The third kappa shape index (κ3) is 2.85. The molecule has 2 nitrogen and oxygen atoms in total. The summed E-state index contributed by atoms with van der Waals surface area (Å²) in [7, 11) is 0. The lowest BCUT2D eigenvalue weighted by Gasteiger charge is -2.45. The molecule has 0 amide bonds. The highest BCUT2D eigenvalue weighted by atomic mass is 15.2. The molecule has 1 heterocycles. The second-order valence-corrected chi connectivity index (χ2v) is 6.78. The van der Waals surface area contributed by atoms with Crippen LogP contribution >= 0.6 is 0 Å². The SMILES string of the molecule is CC1CC(NCC2CCC2)CN(C2CCC2)C1. The Hall–Kier alpha value is -0.0800. The lowest BCUT2D eigenvalue weighted by Crippen LogP contribution is -2.54. The van der Waals surface area contributed by atoms with E-state index < -0.39 is 0 Å². The summed E-state index contributed by atoms with van der Waals surface area (Å²) in [5.41, 5.74) is 0. The van der Waals surface area contributed by atoms with Crippen LogP contribution in [-0.2, 0) is 0 Å². The van der Waals surface area contributed by atoms with Gasteiger partial charge in [-0.15, -0.1) is 0 Å². The van der Waals surface area contributed by atoms with Gasteiger partial charge < -0.3 is 5.32 Å². The van der Waals surface area contributed by atoms with Gasteiger partial charge in [-0.1, -0.05) is 19.8 Å². The molecule has 0 bridgehead atoms. The molecule has 1 saturated heterocycles. The normalized spacial score (nSPS) is 36.5. The van der Waals surface area contributed by atoms with E-state index >= 15 is 0 Å². The van der Waals surface area contributed by atoms with E-state index in [1.54, 1.807) is 0 Å². The molecule has 0 aromatic rings. The first-order valence-electron chi connectivity index (χ1n) is 7.78. The summed E-state index contributed by atoms with van der Waals surface area (Å²) in [5.74, 6) is 1.90. The lowest BCUT2D eigenvalue weighted by atomic mass is 9.84. The van der Waals surface area contributed by atoms with Crippen LogP contribution in [0.25, 0.3) is 0 Å². The molecule has 0 radical (unpaired) electrons. The number of nitrogens with one attached hydrogen (secondary N) is 1. The average molecular weight is 236 g/mol. The maximum absolute atomic E-state index is 3.85. The van der Waals surface area contributed by atoms with Crippen LogP contribution in [0, 0.1) is 11.8 Å². The molecule has 98 valence electrons. The van der Waals surface area contributed by atoms with E-state index in [-0.39, 0.29) is 0 Å². The smallest absolute Gasteiger partial charge is 0.0198 e. The topological polar surface area (TPSA) is 15.3 Å². The van der Waals surface area contributed by atoms with Gasteiger partial charge >= 0.3 is 0 Å². The van der Waals surface area contributed by atoms with Crippen LogP contribution in [0.4, 0.5) is 0 Å². The fraction of sp³-hybridized carbons (Fsp3) is 1.00. The standard InChI is InChI=1S/C15H28N2/c1-12-8-14(16-9-13-4-2-5-13)11-17(10-12)15-6-3-7-15/h12-16H,2-11H2,1H3. The van der Waals surface area contributed by atoms with Crippen molar-refractivity contribution in [3.8, 4) is 0 Å². The Labute approximate surface area is 106 Å². The summed E-state index contributed by atoms with van der Waals surface area (Å²) in [6.45, 7) is 6.40. The average Bonchev–Trinajstić information content (AvgIpc) is 2.11. The molecule has 1 aliphatic heterocycles. The minimum Gasteiger partial charge on any atom is -0.312 e. The van der Waals surface area contributed by atoms with Gasteiger partial charge in [-0.2, -0.15) is 0 Å². The Morgan fingerprint density at radius 2 is 1.82 bits per heavy atom. The van der Waals surface area contributed by atoms with E-state index in [2.05, 4.69) is 17.1 Å². The Balaban J connectivity index is 1.45. The predicted octanol–water partition coefficient (Wildman–Crippen LogP) is 2.64. The third-order valence-electron chi connectivity index (χ3n) is 5.20. The predicted molar refractivity (Wildman–Crippen MR) is 72.1 cm³/mol. The van der Waals surface area contributed by atoms with Crippen molar-refractivity contribution in [2.24, 2.45) is 11.8 Å². The Morgan fingerprint density at radius 3 is 2.41 bits per heavy atom. The van der Waals surface area contributed by atoms with Crippen LogP contribution in [-0.4, -0.2) is 36.6 Å². The molecular weight excluding hydrogens is 208 g/mol. The molecule has 2 heteroatoms. The molecule has 3 rings (SSSR count). The summed E-state index contributed by atoms with van der Waals surface area (Å²) < 4.78 is 0. The van der Waals surface area contributed by atoms with E-state index in [4.69, 9.17) is 0 Å². The first kappa shape index (κ1) is 12.0. The van der Waals surface area contributed by atoms with Gasteiger partial charge in [-0.3, -0.25) is 4.90 Å². The third-order valence-corrected chi connectivity index (χ3v) is 5.20. The lowest BCUT2D eigenvalue weighted by molar-refractivity contribution is 0.0613. The van der Waals surface area contributed by atoms with Crippen molar-refractivity contribution in [1.82, 2.24) is 10.2 Å². The van der Waals surface area contributed by atoms with E-state index in [0.29, 0.717) is 0 Å². The largest absolute Gasteiger partial charge is 0.312 e. The monoisotopic (exact) mass is 236 g/mol. The molecule has 2 saturated carbocycles. The zero-order valence-electron chi connectivity index (χ0n) is 11.3. The maximum Gasteiger partial charge on any atom is 0.0198 e. The molecule has 3 aliphatic rings. The van der Waals surface area contributed by atoms with Gasteiger partial charge in [0.2, 0.25) is 0 Å². The maximum atomic E-state index is 3.85. The molecule has 17 heavy (non-hydrogen) atoms. The molecule has 0 spiro atoms. The quantitative estimate of drug-likeness (QED) is 0.807. The number of nitrogens with zero attached hydrogens (tertiary/aromatic N) is 1. The zero-order chi connectivity index (χ0) is 11.7. The highest BCUT2D eigenvalue weighted by Gasteiger charge is 2.32. The molecule has 0 aromatic carbocycles. The number of likely N-dealkylation sites (tertiary alicyclic amines) is 1. The van der Waals surface area contributed by atoms with Gasteiger partial charge in [-0.25, -0.2) is 0 Å². The van der Waals surface area contributed by atoms with E-state index in [1.807, 2.05) is 0 Å². The first-order chi connectivity index (χ1) is 8.31. The second kappa shape index (κ2) is 5.27. The van der Waals surface area contributed by atoms with Crippen LogP contribution in [0.2, 0.25) is 0 Å². The Bertz CT molecular complexity index is 245. The van der Waals surface area contributed by atoms with Crippen LogP contribution < -0.4 is 5.32 Å². The Kier molecular flexibility index (Phi) is 3.72. The molecule has 0 aromatic heterocycles. The van der Waals surface area contributed by atoms with Crippen molar-refractivity contribution in [3.05, 3.63) is 0 Å². The summed E-state index contributed by atoms with van der Waals surface area (Å²) in [4.78, 5) is 2.77. The fourth-order valence-corrected chi connectivity index (χ4v) is 3.62. The van der Waals surface area contributed by atoms with Crippen LogP contribution in [0.3, 0.4) is 0 Å². The molecular formula is C15H28N2. The van der Waals surface area contributed by atoms with Gasteiger partial charge in [0.25, 0.3) is 0 Å². The minimum atomic E-state index is 0.778. The van der Waals surface area contributed by atoms with E-state index in [0.717, 1.165) is 23.9 Å². The molecule has 2 unspecified atom stereocenters. The number of hydrogen-bond acceptors (Lipinski definition) is 2. The molecule has 1 N–H and O–H groups in total. The number of hydrogen-bond donors (Lipinski definition) is 1. The van der Waals surface area contributed by atoms with Crippen molar-refractivity contribution in [2.45, 2.75) is 64.0 Å². The summed E-state index contributed by atoms with van der Waals surface area (Å²) in [6, 6.07) is 1.71. The van der Waals surface area contributed by atoms with Crippen LogP contribution in [0.15, 0.2) is 0 Å². The van der Waals surface area contributed by atoms with Gasteiger partial charge in [0, 0.05) is 25.2 Å². The van der Waals surface area contributed by atoms with Crippen molar-refractivity contribution in [1.29, 1.82) is 0 Å². The summed E-state index contributed by atoms with van der Waals surface area (Å²) in [6.07, 6.45) is 10.2. The summed E-state index contributed by atoms with van der Waals surface area (Å²) >= 11 is 0. The Morgan fingerprint density at radius 1 is 1.06 bits per heavy atom. The van der Waals surface area contributed by atoms with E-state index in [1.165, 1.54) is 64.6 Å². The van der Waals surface area contributed by atoms with Crippen molar-refractivity contribution in [3.63, 3.8) is 0 Å². The van der Waals surface area contributed by atoms with E-state index in [9.17, 15) is 0 Å². The van der Waals surface area contributed by atoms with Crippen molar-refractivity contribution >= 4 is 0 Å². The van der Waals surface area contributed by atoms with Crippen LogP contribution in [0.5, 0.6) is 0 Å². The first-order valence-corrected chi connectivity index (χ1v) is 7.78. The second-order valence-electron chi connectivity index (χ2n) is 6.78. The summed E-state index contributed by atoms with van der Waals surface area (Å²) in [5, 5.41) is 3.85. The zero-order valence-corrected chi connectivity index (χ0v) is 11.3. The molecule has 3 fully saturated rings. The van der Waals surface area contributed by atoms with Crippen molar-refractivity contribution < 1.29 is 0 Å². The number of piperidine rings is 1. The fourth-order valence-electron chi connectivity index (χ4n) is 3.62.